The minimum atomic E-state index is -0.719. The number of nitrogens with one attached hydrogen (secondary N) is 3. The Bertz CT molecular complexity index is 1190. The van der Waals surface area contributed by atoms with E-state index in [1.54, 1.807) is 31.5 Å². The molecule has 0 saturated carbocycles. The second kappa shape index (κ2) is 14.1. The molecule has 10 nitrogen and oxygen atoms in total. The third-order valence-electron chi connectivity index (χ3n) is 5.72. The standard InChI is InChI=1S/C27H34FN7O3/c1-29-25-19(17-31-27(33-25)32-21-12-10-20(28)11-13-21)8-5-4-6-14-30-26(38)23-16-22(36)18-35(23)24(37)9-7-15-34(2)3/h7,9-13,17,22-23,36H,4,6,14-16,18H2,1-3H3,(H,30,38)(H2,29,31,32,33)/b9-7+/t22-,23-/m0/s1. The lowest BCUT2D eigenvalue weighted by Crippen LogP contribution is -2.45. The predicted molar refractivity (Wildman–Crippen MR) is 144 cm³/mol. The highest BCUT2D eigenvalue weighted by atomic mass is 19.1. The largest absolute Gasteiger partial charge is 0.391 e. The summed E-state index contributed by atoms with van der Waals surface area (Å²) < 4.78 is 13.1. The van der Waals surface area contributed by atoms with Crippen LogP contribution in [0.5, 0.6) is 0 Å². The molecule has 202 valence electrons. The number of hydrogen-bond donors (Lipinski definition) is 4. The first-order valence-electron chi connectivity index (χ1n) is 12.4. The average Bonchev–Trinajstić information content (AvgIpc) is 3.29. The van der Waals surface area contributed by atoms with Gasteiger partial charge in [-0.05, 0) is 44.8 Å². The van der Waals surface area contributed by atoms with Gasteiger partial charge in [-0.3, -0.25) is 9.59 Å². The number of rotatable bonds is 10. The van der Waals surface area contributed by atoms with Gasteiger partial charge in [0.1, 0.15) is 17.7 Å². The highest BCUT2D eigenvalue weighted by molar-refractivity contribution is 5.93. The predicted octanol–water partition coefficient (Wildman–Crippen LogP) is 1.73. The monoisotopic (exact) mass is 523 g/mol. The molecule has 1 aromatic carbocycles. The zero-order chi connectivity index (χ0) is 27.5. The molecule has 38 heavy (non-hydrogen) atoms. The fourth-order valence-electron chi connectivity index (χ4n) is 3.82. The van der Waals surface area contributed by atoms with Crippen molar-refractivity contribution in [1.82, 2.24) is 25.1 Å². The summed E-state index contributed by atoms with van der Waals surface area (Å²) in [6, 6.07) is 5.20. The molecule has 1 aromatic heterocycles. The molecule has 0 unspecified atom stereocenters. The van der Waals surface area contributed by atoms with Gasteiger partial charge in [0.2, 0.25) is 17.8 Å². The topological polar surface area (TPSA) is 123 Å². The molecule has 0 radical (unpaired) electrons. The first-order valence-corrected chi connectivity index (χ1v) is 12.4. The molecule has 2 amide bonds. The van der Waals surface area contributed by atoms with E-state index in [4.69, 9.17) is 0 Å². The van der Waals surface area contributed by atoms with Gasteiger partial charge < -0.3 is 30.9 Å². The minimum absolute atomic E-state index is 0.142. The fourth-order valence-corrected chi connectivity index (χ4v) is 3.82. The number of aliphatic hydroxyl groups excluding tert-OH is 1. The van der Waals surface area contributed by atoms with E-state index < -0.39 is 12.1 Å². The molecule has 1 fully saturated rings. The van der Waals surface area contributed by atoms with Gasteiger partial charge in [0.25, 0.3) is 0 Å². The number of benzene rings is 1. The number of likely N-dealkylation sites (N-methyl/N-ethyl adjacent to an activating group) is 1. The summed E-state index contributed by atoms with van der Waals surface area (Å²) >= 11 is 0. The van der Waals surface area contributed by atoms with E-state index >= 15 is 0 Å². The van der Waals surface area contributed by atoms with E-state index in [2.05, 4.69) is 37.8 Å². The highest BCUT2D eigenvalue weighted by Crippen LogP contribution is 2.19. The van der Waals surface area contributed by atoms with Crippen molar-refractivity contribution in [3.8, 4) is 11.8 Å². The van der Waals surface area contributed by atoms with Crippen LogP contribution in [0, 0.1) is 17.7 Å². The number of halogens is 1. The summed E-state index contributed by atoms with van der Waals surface area (Å²) in [7, 11) is 5.53. The van der Waals surface area contributed by atoms with Crippen LogP contribution in [0.2, 0.25) is 0 Å². The molecule has 2 aromatic rings. The van der Waals surface area contributed by atoms with Crippen LogP contribution in [0.15, 0.2) is 42.6 Å². The molecule has 3 rings (SSSR count). The molecular formula is C27H34FN7O3. The second-order valence-electron chi connectivity index (χ2n) is 9.09. The minimum Gasteiger partial charge on any atom is -0.391 e. The van der Waals surface area contributed by atoms with Gasteiger partial charge >= 0.3 is 0 Å². The SMILES string of the molecule is CNc1nc(Nc2ccc(F)cc2)ncc1C#CCCCNC(=O)[C@@H]1C[C@H](O)CN1C(=O)/C=C/CN(C)C. The van der Waals surface area contributed by atoms with Crippen molar-refractivity contribution in [1.29, 1.82) is 0 Å². The van der Waals surface area contributed by atoms with E-state index in [1.165, 1.54) is 23.1 Å². The number of carbonyl (C=O) groups is 2. The first kappa shape index (κ1) is 28.6. The van der Waals surface area contributed by atoms with Gasteiger partial charge in [-0.25, -0.2) is 9.37 Å². The maximum absolute atomic E-state index is 13.1. The molecule has 1 saturated heterocycles. The lowest BCUT2D eigenvalue weighted by molar-refractivity contribution is -0.135. The second-order valence-corrected chi connectivity index (χ2v) is 9.09. The van der Waals surface area contributed by atoms with Crippen molar-refractivity contribution in [2.24, 2.45) is 0 Å². The zero-order valence-electron chi connectivity index (χ0n) is 21.9. The molecule has 0 aliphatic carbocycles. The summed E-state index contributed by atoms with van der Waals surface area (Å²) in [6.45, 7) is 1.15. The Hall–Kier alpha value is -4.01. The number of amides is 2. The van der Waals surface area contributed by atoms with Crippen LogP contribution in [-0.2, 0) is 9.59 Å². The molecule has 11 heteroatoms. The van der Waals surface area contributed by atoms with Crippen LogP contribution in [0.4, 0.5) is 21.8 Å². The first-order chi connectivity index (χ1) is 18.3. The Kier molecular flexibility index (Phi) is 10.6. The smallest absolute Gasteiger partial charge is 0.247 e. The number of β-amino-alcohol motifs (C(OH)–C–C–N with tert-alkyl or cyclic N) is 1. The van der Waals surface area contributed by atoms with Gasteiger partial charge in [-0.1, -0.05) is 17.9 Å². The molecule has 2 heterocycles. The van der Waals surface area contributed by atoms with Gasteiger partial charge in [0, 0.05) is 51.3 Å². The summed E-state index contributed by atoms with van der Waals surface area (Å²) in [5.74, 6) is 6.12. The zero-order valence-corrected chi connectivity index (χ0v) is 21.9. The van der Waals surface area contributed by atoms with Gasteiger partial charge in [-0.2, -0.15) is 4.98 Å². The van der Waals surface area contributed by atoms with Crippen molar-refractivity contribution in [3.05, 3.63) is 54.0 Å². The van der Waals surface area contributed by atoms with E-state index in [0.717, 1.165) is 0 Å². The molecule has 1 aliphatic rings. The van der Waals surface area contributed by atoms with Crippen LogP contribution < -0.4 is 16.0 Å². The number of aromatic nitrogens is 2. The number of carbonyl (C=O) groups excluding carboxylic acids is 2. The number of nitrogens with zero attached hydrogens (tertiary/aromatic N) is 4. The number of unbranched alkanes of at least 4 members (excludes halogenated alkanes) is 1. The maximum atomic E-state index is 13.1. The number of aliphatic hydroxyl groups is 1. The van der Waals surface area contributed by atoms with Crippen LogP contribution in [-0.4, -0.2) is 89.6 Å². The lowest BCUT2D eigenvalue weighted by Gasteiger charge is -2.22. The number of hydrogen-bond acceptors (Lipinski definition) is 8. The van der Waals surface area contributed by atoms with E-state index in [0.29, 0.717) is 48.9 Å². The highest BCUT2D eigenvalue weighted by Gasteiger charge is 2.37. The quantitative estimate of drug-likeness (QED) is 0.211. The summed E-state index contributed by atoms with van der Waals surface area (Å²) in [5.41, 5.74) is 1.28. The van der Waals surface area contributed by atoms with Crippen LogP contribution in [0.1, 0.15) is 24.8 Å². The van der Waals surface area contributed by atoms with Gasteiger partial charge in [0.05, 0.1) is 17.9 Å². The third kappa shape index (κ3) is 8.54. The van der Waals surface area contributed by atoms with Crippen molar-refractivity contribution in [3.63, 3.8) is 0 Å². The number of likely N-dealkylation sites (tertiary alicyclic amines) is 1. The summed E-state index contributed by atoms with van der Waals surface area (Å²) in [4.78, 5) is 37.2. The molecule has 4 N–H and O–H groups in total. The maximum Gasteiger partial charge on any atom is 0.247 e. The van der Waals surface area contributed by atoms with Crippen LogP contribution >= 0.6 is 0 Å². The fraction of sp³-hybridized carbons (Fsp3) is 0.407. The van der Waals surface area contributed by atoms with Crippen molar-refractivity contribution in [2.75, 3.05) is 51.4 Å². The Labute approximate surface area is 222 Å². The van der Waals surface area contributed by atoms with Crippen molar-refractivity contribution < 1.29 is 19.1 Å². The van der Waals surface area contributed by atoms with Crippen LogP contribution in [0.25, 0.3) is 0 Å². The Morgan fingerprint density at radius 1 is 1.29 bits per heavy atom. The molecule has 1 aliphatic heterocycles. The van der Waals surface area contributed by atoms with Gasteiger partial charge in [-0.15, -0.1) is 0 Å². The molecule has 2 atom stereocenters. The third-order valence-corrected chi connectivity index (χ3v) is 5.72. The molecule has 0 spiro atoms. The Morgan fingerprint density at radius 2 is 2.05 bits per heavy atom. The van der Waals surface area contributed by atoms with Crippen molar-refractivity contribution in [2.45, 2.75) is 31.4 Å². The molecule has 0 bridgehead atoms. The van der Waals surface area contributed by atoms with E-state index in [-0.39, 0.29) is 30.6 Å². The van der Waals surface area contributed by atoms with Crippen molar-refractivity contribution >= 4 is 29.3 Å². The normalized spacial score (nSPS) is 16.8. The van der Waals surface area contributed by atoms with E-state index in [9.17, 15) is 19.1 Å². The average molecular weight is 524 g/mol. The Morgan fingerprint density at radius 3 is 2.76 bits per heavy atom. The Balaban J connectivity index is 1.47. The summed E-state index contributed by atoms with van der Waals surface area (Å²) in [5, 5.41) is 18.9. The lowest BCUT2D eigenvalue weighted by atomic mass is 10.2. The number of anilines is 3. The van der Waals surface area contributed by atoms with Gasteiger partial charge in [0.15, 0.2) is 0 Å². The van der Waals surface area contributed by atoms with E-state index in [1.807, 2.05) is 19.0 Å². The molecular weight excluding hydrogens is 489 g/mol. The van der Waals surface area contributed by atoms with Crippen LogP contribution in [0.3, 0.4) is 0 Å². The summed E-state index contributed by atoms with van der Waals surface area (Å²) in [6.07, 6.45) is 5.43.